The fraction of sp³-hybridized carbons (Fsp3) is 0.500. The highest BCUT2D eigenvalue weighted by Crippen LogP contribution is 2.32. The number of halogens is 1. The molecule has 2 atom stereocenters. The first-order chi connectivity index (χ1) is 8.49. The molecule has 1 heterocycles. The number of benzene rings is 1. The molecule has 98 valence electrons. The smallest absolute Gasteiger partial charge is 0.306 e. The molecule has 1 fully saturated rings. The lowest BCUT2D eigenvalue weighted by atomic mass is 9.85. The molecule has 0 bridgehead atoms. The van der Waals surface area contributed by atoms with Crippen molar-refractivity contribution in [2.75, 3.05) is 13.1 Å². The largest absolute Gasteiger partial charge is 0.481 e. The fourth-order valence-corrected chi connectivity index (χ4v) is 2.34. The lowest BCUT2D eigenvalue weighted by molar-refractivity contribution is -0.146. The molecule has 1 saturated heterocycles. The highest BCUT2D eigenvalue weighted by atomic mass is 19.1. The van der Waals surface area contributed by atoms with E-state index >= 15 is 0 Å². The topological polar surface area (TPSA) is 40.5 Å². The van der Waals surface area contributed by atoms with Gasteiger partial charge in [0, 0.05) is 19.1 Å². The molecule has 0 spiro atoms. The average molecular weight is 251 g/mol. The average Bonchev–Trinajstić information content (AvgIpc) is 2.27. The Bertz CT molecular complexity index is 426. The van der Waals surface area contributed by atoms with Gasteiger partial charge in [0.2, 0.25) is 0 Å². The standard InChI is InChI=1S/C14H18FNO2/c1-9(14(17)18)12-7-16(8-12)10(2)11-3-5-13(15)6-4-11/h3-6,9-10,12H,7-8H2,1-2H3,(H,17,18). The first-order valence-electron chi connectivity index (χ1n) is 6.21. The zero-order chi connectivity index (χ0) is 13.3. The van der Waals surface area contributed by atoms with Crippen molar-refractivity contribution >= 4 is 5.97 Å². The number of hydrogen-bond acceptors (Lipinski definition) is 2. The van der Waals surface area contributed by atoms with Gasteiger partial charge >= 0.3 is 5.97 Å². The van der Waals surface area contributed by atoms with Crippen molar-refractivity contribution in [1.29, 1.82) is 0 Å². The summed E-state index contributed by atoms with van der Waals surface area (Å²) >= 11 is 0. The minimum absolute atomic E-state index is 0.211. The molecule has 1 aromatic carbocycles. The molecule has 4 heteroatoms. The lowest BCUT2D eigenvalue weighted by Crippen LogP contribution is -2.51. The van der Waals surface area contributed by atoms with Crippen LogP contribution in [0, 0.1) is 17.7 Å². The highest BCUT2D eigenvalue weighted by Gasteiger charge is 2.36. The quantitative estimate of drug-likeness (QED) is 0.894. The summed E-state index contributed by atoms with van der Waals surface area (Å²) in [7, 11) is 0. The Hall–Kier alpha value is -1.42. The maximum atomic E-state index is 12.8. The van der Waals surface area contributed by atoms with E-state index in [0.29, 0.717) is 0 Å². The van der Waals surface area contributed by atoms with Crippen LogP contribution >= 0.6 is 0 Å². The van der Waals surface area contributed by atoms with Gasteiger partial charge in [-0.15, -0.1) is 0 Å². The van der Waals surface area contributed by atoms with Gasteiger partial charge in [0.1, 0.15) is 5.82 Å². The van der Waals surface area contributed by atoms with Crippen molar-refractivity contribution in [1.82, 2.24) is 4.90 Å². The molecule has 0 amide bonds. The Balaban J connectivity index is 1.92. The normalized spacial score (nSPS) is 20.2. The first kappa shape index (κ1) is 13.0. The lowest BCUT2D eigenvalue weighted by Gasteiger charge is -2.45. The second-order valence-corrected chi connectivity index (χ2v) is 5.07. The van der Waals surface area contributed by atoms with Crippen LogP contribution in [0.5, 0.6) is 0 Å². The van der Waals surface area contributed by atoms with Crippen molar-refractivity contribution in [3.05, 3.63) is 35.6 Å². The summed E-state index contributed by atoms with van der Waals surface area (Å²) in [6.07, 6.45) is 0. The number of carbonyl (C=O) groups is 1. The maximum Gasteiger partial charge on any atom is 0.306 e. The second-order valence-electron chi connectivity index (χ2n) is 5.07. The van der Waals surface area contributed by atoms with Crippen molar-refractivity contribution in [2.24, 2.45) is 11.8 Å². The van der Waals surface area contributed by atoms with Crippen molar-refractivity contribution < 1.29 is 14.3 Å². The number of aliphatic carboxylic acids is 1. The van der Waals surface area contributed by atoms with Crippen LogP contribution in [0.2, 0.25) is 0 Å². The van der Waals surface area contributed by atoms with E-state index in [2.05, 4.69) is 11.8 Å². The Kier molecular flexibility index (Phi) is 3.66. The van der Waals surface area contributed by atoms with Crippen LogP contribution in [0.4, 0.5) is 4.39 Å². The molecule has 0 aliphatic carbocycles. The van der Waals surface area contributed by atoms with Gasteiger partial charge in [0.15, 0.2) is 0 Å². The van der Waals surface area contributed by atoms with Gasteiger partial charge in [0.25, 0.3) is 0 Å². The third-order valence-corrected chi connectivity index (χ3v) is 3.93. The fourth-order valence-electron chi connectivity index (χ4n) is 2.34. The van der Waals surface area contributed by atoms with Gasteiger partial charge in [-0.3, -0.25) is 9.69 Å². The maximum absolute atomic E-state index is 12.8. The zero-order valence-electron chi connectivity index (χ0n) is 10.6. The molecule has 2 unspecified atom stereocenters. The van der Waals surface area contributed by atoms with Crippen LogP contribution < -0.4 is 0 Å². The van der Waals surface area contributed by atoms with Crippen LogP contribution in [0.3, 0.4) is 0 Å². The van der Waals surface area contributed by atoms with E-state index in [4.69, 9.17) is 5.11 Å². The number of hydrogen-bond donors (Lipinski definition) is 1. The third kappa shape index (κ3) is 2.53. The Labute approximate surface area is 106 Å². The molecule has 1 aliphatic heterocycles. The predicted octanol–water partition coefficient (Wildman–Crippen LogP) is 2.54. The SMILES string of the molecule is CC(C(=O)O)C1CN(C(C)c2ccc(F)cc2)C1. The van der Waals surface area contributed by atoms with Crippen LogP contribution in [0.25, 0.3) is 0 Å². The van der Waals surface area contributed by atoms with E-state index in [1.54, 1.807) is 19.1 Å². The van der Waals surface area contributed by atoms with Gasteiger partial charge < -0.3 is 5.11 Å². The van der Waals surface area contributed by atoms with Crippen molar-refractivity contribution in [3.8, 4) is 0 Å². The van der Waals surface area contributed by atoms with E-state index in [1.807, 2.05) is 0 Å². The minimum atomic E-state index is -0.728. The van der Waals surface area contributed by atoms with Crippen LogP contribution in [-0.4, -0.2) is 29.1 Å². The molecule has 1 aliphatic rings. The monoisotopic (exact) mass is 251 g/mol. The first-order valence-corrected chi connectivity index (χ1v) is 6.21. The van der Waals surface area contributed by atoms with Crippen LogP contribution in [0.1, 0.15) is 25.5 Å². The number of likely N-dealkylation sites (tertiary alicyclic amines) is 1. The van der Waals surface area contributed by atoms with Crippen molar-refractivity contribution in [2.45, 2.75) is 19.9 Å². The molecule has 1 N–H and O–H groups in total. The van der Waals surface area contributed by atoms with Crippen LogP contribution in [0.15, 0.2) is 24.3 Å². The molecule has 3 nitrogen and oxygen atoms in total. The van der Waals surface area contributed by atoms with E-state index in [1.165, 1.54) is 12.1 Å². The summed E-state index contributed by atoms with van der Waals surface area (Å²) in [5.74, 6) is -1.02. The summed E-state index contributed by atoms with van der Waals surface area (Å²) in [5, 5.41) is 8.93. The van der Waals surface area contributed by atoms with Crippen LogP contribution in [-0.2, 0) is 4.79 Å². The molecule has 0 saturated carbocycles. The van der Waals surface area contributed by atoms with E-state index in [-0.39, 0.29) is 23.7 Å². The van der Waals surface area contributed by atoms with Crippen molar-refractivity contribution in [3.63, 3.8) is 0 Å². The number of rotatable bonds is 4. The summed E-state index contributed by atoms with van der Waals surface area (Å²) in [5.41, 5.74) is 1.07. The van der Waals surface area contributed by atoms with Gasteiger partial charge in [-0.25, -0.2) is 4.39 Å². The number of carboxylic acid groups (broad SMARTS) is 1. The summed E-state index contributed by atoms with van der Waals surface area (Å²) in [6, 6.07) is 6.70. The van der Waals surface area contributed by atoms with E-state index in [0.717, 1.165) is 18.7 Å². The molecular weight excluding hydrogens is 233 g/mol. The highest BCUT2D eigenvalue weighted by molar-refractivity contribution is 5.70. The molecular formula is C14H18FNO2. The third-order valence-electron chi connectivity index (χ3n) is 3.93. The number of carboxylic acids is 1. The molecule has 0 aromatic heterocycles. The summed E-state index contributed by atoms with van der Waals surface area (Å²) < 4.78 is 12.8. The van der Waals surface area contributed by atoms with E-state index < -0.39 is 5.97 Å². The zero-order valence-corrected chi connectivity index (χ0v) is 10.6. The van der Waals surface area contributed by atoms with Gasteiger partial charge in [-0.2, -0.15) is 0 Å². The van der Waals surface area contributed by atoms with Gasteiger partial charge in [-0.05, 0) is 30.5 Å². The molecule has 0 radical (unpaired) electrons. The Morgan fingerprint density at radius 1 is 1.33 bits per heavy atom. The van der Waals surface area contributed by atoms with E-state index in [9.17, 15) is 9.18 Å². The number of nitrogens with zero attached hydrogens (tertiary/aromatic N) is 1. The summed E-state index contributed by atoms with van der Waals surface area (Å²) in [4.78, 5) is 13.1. The molecule has 2 rings (SSSR count). The van der Waals surface area contributed by atoms with Gasteiger partial charge in [-0.1, -0.05) is 19.1 Å². The molecule has 18 heavy (non-hydrogen) atoms. The Morgan fingerprint density at radius 3 is 2.39 bits per heavy atom. The Morgan fingerprint density at radius 2 is 1.89 bits per heavy atom. The molecule has 1 aromatic rings. The van der Waals surface area contributed by atoms with Gasteiger partial charge in [0.05, 0.1) is 5.92 Å². The second kappa shape index (κ2) is 5.06. The summed E-state index contributed by atoms with van der Waals surface area (Å²) in [6.45, 7) is 5.42. The minimum Gasteiger partial charge on any atom is -0.481 e. The predicted molar refractivity (Wildman–Crippen MR) is 66.7 cm³/mol.